The van der Waals surface area contributed by atoms with Crippen LogP contribution in [0.5, 0.6) is 0 Å². The van der Waals surface area contributed by atoms with Gasteiger partial charge < -0.3 is 5.73 Å². The number of halogens is 1. The average molecular weight is 208 g/mol. The monoisotopic (exact) mass is 208 g/mol. The summed E-state index contributed by atoms with van der Waals surface area (Å²) in [7, 11) is 0. The summed E-state index contributed by atoms with van der Waals surface area (Å²) in [4.78, 5) is 2.20. The standard InChI is InChI=1S/C12H17FN2/c1-8(2)15-6-10-9(12(14)7-15)4-3-5-11(10)13/h3-5,8,12H,6-7,14H2,1-2H3. The SMILES string of the molecule is CC(C)N1Cc2c(F)cccc2C(N)C1. The second-order valence-corrected chi connectivity index (χ2v) is 4.44. The molecule has 1 aromatic rings. The van der Waals surface area contributed by atoms with Crippen molar-refractivity contribution >= 4 is 0 Å². The molecule has 15 heavy (non-hydrogen) atoms. The third-order valence-electron chi connectivity index (χ3n) is 3.08. The first kappa shape index (κ1) is 10.6. The average Bonchev–Trinajstić information content (AvgIpc) is 2.19. The molecule has 3 heteroatoms. The van der Waals surface area contributed by atoms with Crippen LogP contribution in [0, 0.1) is 5.82 Å². The van der Waals surface area contributed by atoms with Crippen LogP contribution in [0.1, 0.15) is 31.0 Å². The molecule has 1 heterocycles. The topological polar surface area (TPSA) is 29.3 Å². The van der Waals surface area contributed by atoms with E-state index in [1.165, 1.54) is 6.07 Å². The van der Waals surface area contributed by atoms with Crippen molar-refractivity contribution in [2.75, 3.05) is 6.54 Å². The minimum absolute atomic E-state index is 0.0631. The Morgan fingerprint density at radius 2 is 2.20 bits per heavy atom. The highest BCUT2D eigenvalue weighted by Crippen LogP contribution is 2.27. The smallest absolute Gasteiger partial charge is 0.128 e. The van der Waals surface area contributed by atoms with E-state index in [1.807, 2.05) is 6.07 Å². The lowest BCUT2D eigenvalue weighted by molar-refractivity contribution is 0.181. The number of fused-ring (bicyclic) bond motifs is 1. The van der Waals surface area contributed by atoms with E-state index in [1.54, 1.807) is 6.07 Å². The van der Waals surface area contributed by atoms with Crippen molar-refractivity contribution in [1.29, 1.82) is 0 Å². The molecule has 1 aliphatic heterocycles. The van der Waals surface area contributed by atoms with Gasteiger partial charge in [0.15, 0.2) is 0 Å². The number of hydrogen-bond donors (Lipinski definition) is 1. The summed E-state index contributed by atoms with van der Waals surface area (Å²) >= 11 is 0. The lowest BCUT2D eigenvalue weighted by atomic mass is 9.95. The molecular weight excluding hydrogens is 191 g/mol. The molecule has 1 aromatic carbocycles. The molecule has 2 nitrogen and oxygen atoms in total. The van der Waals surface area contributed by atoms with E-state index in [0.717, 1.165) is 17.7 Å². The first-order valence-corrected chi connectivity index (χ1v) is 5.36. The van der Waals surface area contributed by atoms with Gasteiger partial charge in [0, 0.05) is 30.7 Å². The maximum absolute atomic E-state index is 13.6. The fourth-order valence-electron chi connectivity index (χ4n) is 2.10. The number of hydrogen-bond acceptors (Lipinski definition) is 2. The zero-order valence-corrected chi connectivity index (χ0v) is 9.20. The number of benzene rings is 1. The van der Waals surface area contributed by atoms with E-state index in [-0.39, 0.29) is 11.9 Å². The van der Waals surface area contributed by atoms with E-state index in [9.17, 15) is 4.39 Å². The Kier molecular flexibility index (Phi) is 2.76. The Balaban J connectivity index is 2.37. The Labute approximate surface area is 89.9 Å². The zero-order valence-electron chi connectivity index (χ0n) is 9.20. The molecule has 0 amide bonds. The van der Waals surface area contributed by atoms with Crippen molar-refractivity contribution in [2.45, 2.75) is 32.5 Å². The van der Waals surface area contributed by atoms with Crippen molar-refractivity contribution in [3.63, 3.8) is 0 Å². The van der Waals surface area contributed by atoms with Gasteiger partial charge >= 0.3 is 0 Å². The Hall–Kier alpha value is -0.930. The molecule has 0 saturated heterocycles. The van der Waals surface area contributed by atoms with E-state index >= 15 is 0 Å². The van der Waals surface area contributed by atoms with Crippen molar-refractivity contribution in [2.24, 2.45) is 5.73 Å². The Morgan fingerprint density at radius 1 is 1.47 bits per heavy atom. The molecule has 0 aliphatic carbocycles. The van der Waals surface area contributed by atoms with Crippen LogP contribution >= 0.6 is 0 Å². The maximum Gasteiger partial charge on any atom is 0.128 e. The third kappa shape index (κ3) is 1.90. The molecule has 2 N–H and O–H groups in total. The molecule has 1 atom stereocenters. The first-order valence-electron chi connectivity index (χ1n) is 5.36. The maximum atomic E-state index is 13.6. The van der Waals surface area contributed by atoms with E-state index in [2.05, 4.69) is 18.7 Å². The van der Waals surface area contributed by atoms with Gasteiger partial charge in [-0.25, -0.2) is 4.39 Å². The van der Waals surface area contributed by atoms with Crippen LogP contribution in [0.3, 0.4) is 0 Å². The Morgan fingerprint density at radius 3 is 2.87 bits per heavy atom. The molecule has 1 unspecified atom stereocenters. The van der Waals surface area contributed by atoms with Gasteiger partial charge in [-0.15, -0.1) is 0 Å². The van der Waals surface area contributed by atoms with Crippen LogP contribution in [-0.4, -0.2) is 17.5 Å². The minimum Gasteiger partial charge on any atom is -0.323 e. The van der Waals surface area contributed by atoms with Gasteiger partial charge in [0.1, 0.15) is 5.82 Å². The highest BCUT2D eigenvalue weighted by Gasteiger charge is 2.25. The van der Waals surface area contributed by atoms with Gasteiger partial charge in [-0.2, -0.15) is 0 Å². The molecule has 0 fully saturated rings. The molecule has 82 valence electrons. The summed E-state index contributed by atoms with van der Waals surface area (Å²) in [5.74, 6) is -0.131. The lowest BCUT2D eigenvalue weighted by Gasteiger charge is -2.35. The first-order chi connectivity index (χ1) is 7.09. The fraction of sp³-hybridized carbons (Fsp3) is 0.500. The largest absolute Gasteiger partial charge is 0.323 e. The van der Waals surface area contributed by atoms with Crippen LogP contribution in [0.15, 0.2) is 18.2 Å². The molecule has 0 radical (unpaired) electrons. The summed E-state index contributed by atoms with van der Waals surface area (Å²) in [5.41, 5.74) is 7.77. The van der Waals surface area contributed by atoms with Gasteiger partial charge in [0.25, 0.3) is 0 Å². The molecule has 2 rings (SSSR count). The highest BCUT2D eigenvalue weighted by atomic mass is 19.1. The Bertz CT molecular complexity index is 363. The zero-order chi connectivity index (χ0) is 11.0. The second-order valence-electron chi connectivity index (χ2n) is 4.44. The van der Waals surface area contributed by atoms with Crippen LogP contribution < -0.4 is 5.73 Å². The van der Waals surface area contributed by atoms with E-state index in [0.29, 0.717) is 12.6 Å². The fourth-order valence-corrected chi connectivity index (χ4v) is 2.10. The van der Waals surface area contributed by atoms with Crippen molar-refractivity contribution in [3.8, 4) is 0 Å². The van der Waals surface area contributed by atoms with Crippen LogP contribution in [0.2, 0.25) is 0 Å². The molecule has 0 saturated carbocycles. The minimum atomic E-state index is -0.131. The second kappa shape index (κ2) is 3.91. The molecule has 0 bridgehead atoms. The normalized spacial score (nSPS) is 21.8. The van der Waals surface area contributed by atoms with E-state index < -0.39 is 0 Å². The summed E-state index contributed by atoms with van der Waals surface area (Å²) < 4.78 is 13.6. The van der Waals surface area contributed by atoms with Gasteiger partial charge in [-0.1, -0.05) is 12.1 Å². The molecule has 1 aliphatic rings. The summed E-state index contributed by atoms with van der Waals surface area (Å²) in [6.07, 6.45) is 0. The van der Waals surface area contributed by atoms with Crippen molar-refractivity contribution in [3.05, 3.63) is 35.1 Å². The quantitative estimate of drug-likeness (QED) is 0.765. The van der Waals surface area contributed by atoms with Gasteiger partial charge in [-0.05, 0) is 25.5 Å². The lowest BCUT2D eigenvalue weighted by Crippen LogP contribution is -2.41. The van der Waals surface area contributed by atoms with Crippen LogP contribution in [-0.2, 0) is 6.54 Å². The molecular formula is C12H17FN2. The summed E-state index contributed by atoms with van der Waals surface area (Å²) in [6.45, 7) is 5.71. The highest BCUT2D eigenvalue weighted by molar-refractivity contribution is 5.33. The number of nitrogens with two attached hydrogens (primary N) is 1. The van der Waals surface area contributed by atoms with Crippen molar-refractivity contribution < 1.29 is 4.39 Å². The summed E-state index contributed by atoms with van der Waals surface area (Å²) in [6, 6.07) is 5.52. The molecule has 0 spiro atoms. The third-order valence-corrected chi connectivity index (χ3v) is 3.08. The predicted molar refractivity (Wildman–Crippen MR) is 58.9 cm³/mol. The number of rotatable bonds is 1. The van der Waals surface area contributed by atoms with Crippen molar-refractivity contribution in [1.82, 2.24) is 4.90 Å². The number of nitrogens with zero attached hydrogens (tertiary/aromatic N) is 1. The van der Waals surface area contributed by atoms with E-state index in [4.69, 9.17) is 5.73 Å². The molecule has 0 aromatic heterocycles. The van der Waals surface area contributed by atoms with Gasteiger partial charge in [0.05, 0.1) is 0 Å². The predicted octanol–water partition coefficient (Wildman–Crippen LogP) is 2.05. The van der Waals surface area contributed by atoms with Crippen LogP contribution in [0.4, 0.5) is 4.39 Å². The van der Waals surface area contributed by atoms with Gasteiger partial charge in [0.2, 0.25) is 0 Å². The summed E-state index contributed by atoms with van der Waals surface area (Å²) in [5, 5.41) is 0. The van der Waals surface area contributed by atoms with Crippen LogP contribution in [0.25, 0.3) is 0 Å². The van der Waals surface area contributed by atoms with Gasteiger partial charge in [-0.3, -0.25) is 4.90 Å².